The smallest absolute Gasteiger partial charge is 0.334 e. The fraction of sp³-hybridized carbons (Fsp3) is 0.526. The Morgan fingerprint density at radius 1 is 1.46 bits per heavy atom. The first-order valence-electron chi connectivity index (χ1n) is 8.53. The van der Waals surface area contributed by atoms with Crippen LogP contribution < -0.4 is 0 Å². The van der Waals surface area contributed by atoms with Crippen molar-refractivity contribution in [1.82, 2.24) is 0 Å². The maximum absolute atomic E-state index is 12.5. The number of fused-ring (bicyclic) bond motifs is 3. The molecule has 0 saturated carbocycles. The first-order chi connectivity index (χ1) is 12.2. The molecule has 7 heteroatoms. The van der Waals surface area contributed by atoms with Crippen molar-refractivity contribution >= 4 is 17.7 Å². The van der Waals surface area contributed by atoms with Crippen LogP contribution in [-0.4, -0.2) is 47.2 Å². The zero-order chi connectivity index (χ0) is 19.2. The van der Waals surface area contributed by atoms with E-state index in [2.05, 4.69) is 6.58 Å². The standard InChI is InChI=1S/C19H22O7/c1-9(2)17(22)25-14-7-19(4)15(21)6-12(26-19)11(8-20)5-13-16(14)10(3)18(23)24-13/h5-6,9,13-14,16,20H,3,7-8H2,1-2,4H3/b11-5+/t13-,14+,16-,19+/m0/s1. The average Bonchev–Trinajstić information content (AvgIpc) is 3.01. The highest BCUT2D eigenvalue weighted by Gasteiger charge is 2.52. The number of hydrogen-bond acceptors (Lipinski definition) is 7. The van der Waals surface area contributed by atoms with Gasteiger partial charge in [-0.1, -0.05) is 20.4 Å². The zero-order valence-corrected chi connectivity index (χ0v) is 15.0. The second-order valence-electron chi connectivity index (χ2n) is 7.31. The molecule has 3 heterocycles. The summed E-state index contributed by atoms with van der Waals surface area (Å²) in [6.07, 6.45) is 1.31. The predicted octanol–water partition coefficient (Wildman–Crippen LogP) is 1.22. The second kappa shape index (κ2) is 6.39. The van der Waals surface area contributed by atoms with Crippen LogP contribution in [-0.2, 0) is 28.6 Å². The van der Waals surface area contributed by atoms with Gasteiger partial charge >= 0.3 is 11.9 Å². The highest BCUT2D eigenvalue weighted by atomic mass is 16.6. The van der Waals surface area contributed by atoms with Crippen molar-refractivity contribution in [1.29, 1.82) is 0 Å². The highest BCUT2D eigenvalue weighted by Crippen LogP contribution is 2.42. The third kappa shape index (κ3) is 2.96. The van der Waals surface area contributed by atoms with Crippen LogP contribution >= 0.6 is 0 Å². The van der Waals surface area contributed by atoms with E-state index in [1.807, 2.05) is 0 Å². The predicted molar refractivity (Wildman–Crippen MR) is 89.6 cm³/mol. The number of carbonyl (C=O) groups is 3. The number of esters is 2. The Balaban J connectivity index is 2.08. The largest absolute Gasteiger partial charge is 0.479 e. The van der Waals surface area contributed by atoms with Gasteiger partial charge in [-0.3, -0.25) is 9.59 Å². The monoisotopic (exact) mass is 362 g/mol. The van der Waals surface area contributed by atoms with Crippen molar-refractivity contribution in [2.75, 3.05) is 6.61 Å². The van der Waals surface area contributed by atoms with Crippen molar-refractivity contribution in [3.8, 4) is 0 Å². The van der Waals surface area contributed by atoms with Gasteiger partial charge in [0.2, 0.25) is 5.78 Å². The molecule has 26 heavy (non-hydrogen) atoms. The summed E-state index contributed by atoms with van der Waals surface area (Å²) in [6.45, 7) is 8.39. The van der Waals surface area contributed by atoms with E-state index < -0.39 is 35.7 Å². The molecule has 1 saturated heterocycles. The molecule has 3 aliphatic heterocycles. The maximum Gasteiger partial charge on any atom is 0.334 e. The van der Waals surface area contributed by atoms with Crippen molar-refractivity contribution in [3.63, 3.8) is 0 Å². The molecular weight excluding hydrogens is 340 g/mol. The topological polar surface area (TPSA) is 99.1 Å². The van der Waals surface area contributed by atoms with E-state index in [9.17, 15) is 19.5 Å². The van der Waals surface area contributed by atoms with E-state index in [-0.39, 0.29) is 36.1 Å². The molecule has 3 aliphatic rings. The molecule has 0 aliphatic carbocycles. The maximum atomic E-state index is 12.5. The van der Waals surface area contributed by atoms with Crippen molar-refractivity contribution in [2.45, 2.75) is 45.0 Å². The SMILES string of the molecule is C=C1C(=O)O[C@H]2/C=C(\CO)C3=CC(=O)[C@@](C)(C[C@@H](OC(=O)C(C)C)[C@@H]12)O3. The van der Waals surface area contributed by atoms with E-state index in [0.717, 1.165) is 0 Å². The third-order valence-corrected chi connectivity index (χ3v) is 4.96. The van der Waals surface area contributed by atoms with Gasteiger partial charge in [0.15, 0.2) is 5.60 Å². The lowest BCUT2D eigenvalue weighted by Gasteiger charge is -2.31. The summed E-state index contributed by atoms with van der Waals surface area (Å²) in [5, 5.41) is 9.68. The number of hydrogen-bond donors (Lipinski definition) is 1. The lowest BCUT2D eigenvalue weighted by Crippen LogP contribution is -2.43. The number of aliphatic hydroxyl groups is 1. The third-order valence-electron chi connectivity index (χ3n) is 4.96. The Labute approximate surface area is 151 Å². The molecule has 0 aromatic heterocycles. The minimum Gasteiger partial charge on any atom is -0.479 e. The molecule has 4 atom stereocenters. The molecule has 1 N–H and O–H groups in total. The number of aliphatic hydroxyl groups excluding tert-OH is 1. The number of carbonyl (C=O) groups excluding carboxylic acids is 3. The van der Waals surface area contributed by atoms with Gasteiger partial charge < -0.3 is 19.3 Å². The van der Waals surface area contributed by atoms with Crippen molar-refractivity contribution in [2.24, 2.45) is 11.8 Å². The first-order valence-corrected chi connectivity index (χ1v) is 8.53. The van der Waals surface area contributed by atoms with E-state index in [1.54, 1.807) is 20.8 Å². The van der Waals surface area contributed by atoms with Gasteiger partial charge in [-0.15, -0.1) is 0 Å². The van der Waals surface area contributed by atoms with Gasteiger partial charge in [-0.05, 0) is 13.0 Å². The summed E-state index contributed by atoms with van der Waals surface area (Å²) >= 11 is 0. The first kappa shape index (κ1) is 18.4. The molecule has 140 valence electrons. The van der Waals surface area contributed by atoms with Crippen molar-refractivity contribution < 1.29 is 33.7 Å². The lowest BCUT2D eigenvalue weighted by atomic mass is 9.82. The number of ketones is 1. The normalized spacial score (nSPS) is 35.4. The summed E-state index contributed by atoms with van der Waals surface area (Å²) in [7, 11) is 0. The molecular formula is C19H22O7. The number of rotatable bonds is 3. The van der Waals surface area contributed by atoms with Crippen LogP contribution in [0.5, 0.6) is 0 Å². The molecule has 0 amide bonds. The second-order valence-corrected chi connectivity index (χ2v) is 7.31. The molecule has 0 spiro atoms. The minimum absolute atomic E-state index is 0.0493. The molecule has 0 aromatic carbocycles. The quantitative estimate of drug-likeness (QED) is 0.595. The van der Waals surface area contributed by atoms with Gasteiger partial charge in [-0.2, -0.15) is 0 Å². The van der Waals surface area contributed by atoms with Crippen LogP contribution in [0.15, 0.2) is 35.6 Å². The molecule has 1 fully saturated rings. The zero-order valence-electron chi connectivity index (χ0n) is 15.0. The Bertz CT molecular complexity index is 745. The lowest BCUT2D eigenvalue weighted by molar-refractivity contribution is -0.161. The molecule has 0 unspecified atom stereocenters. The van der Waals surface area contributed by atoms with Gasteiger partial charge in [0.05, 0.1) is 18.4 Å². The summed E-state index contributed by atoms with van der Waals surface area (Å²) in [4.78, 5) is 36.8. The molecule has 0 aromatic rings. The summed E-state index contributed by atoms with van der Waals surface area (Å²) in [5.74, 6) is -2.11. The van der Waals surface area contributed by atoms with E-state index in [0.29, 0.717) is 5.57 Å². The van der Waals surface area contributed by atoms with Crippen LogP contribution in [0, 0.1) is 11.8 Å². The fourth-order valence-electron chi connectivity index (χ4n) is 3.40. The molecule has 7 nitrogen and oxygen atoms in total. The van der Waals surface area contributed by atoms with Crippen LogP contribution in [0.25, 0.3) is 0 Å². The summed E-state index contributed by atoms with van der Waals surface area (Å²) in [5.41, 5.74) is -0.741. The Morgan fingerprint density at radius 2 is 2.15 bits per heavy atom. The minimum atomic E-state index is -1.26. The van der Waals surface area contributed by atoms with Crippen LogP contribution in [0.3, 0.4) is 0 Å². The molecule has 3 rings (SSSR count). The van der Waals surface area contributed by atoms with Gasteiger partial charge in [0, 0.05) is 23.6 Å². The fourth-order valence-corrected chi connectivity index (χ4v) is 3.40. The van der Waals surface area contributed by atoms with Crippen LogP contribution in [0.4, 0.5) is 0 Å². The summed E-state index contributed by atoms with van der Waals surface area (Å²) < 4.78 is 16.8. The number of ether oxygens (including phenoxy) is 3. The van der Waals surface area contributed by atoms with Gasteiger partial charge in [0.1, 0.15) is 18.0 Å². The highest BCUT2D eigenvalue weighted by molar-refractivity contribution is 6.00. The van der Waals surface area contributed by atoms with E-state index in [1.165, 1.54) is 12.2 Å². The molecule has 2 bridgehead atoms. The Morgan fingerprint density at radius 3 is 2.77 bits per heavy atom. The van der Waals surface area contributed by atoms with E-state index in [4.69, 9.17) is 14.2 Å². The van der Waals surface area contributed by atoms with Crippen LogP contribution in [0.1, 0.15) is 27.2 Å². The van der Waals surface area contributed by atoms with Gasteiger partial charge in [-0.25, -0.2) is 4.79 Å². The Kier molecular flexibility index (Phi) is 4.52. The molecule has 0 radical (unpaired) electrons. The van der Waals surface area contributed by atoms with Gasteiger partial charge in [0.25, 0.3) is 0 Å². The Hall–Kier alpha value is -2.41. The average molecular weight is 362 g/mol. The van der Waals surface area contributed by atoms with E-state index >= 15 is 0 Å². The van der Waals surface area contributed by atoms with Crippen LogP contribution in [0.2, 0.25) is 0 Å². The van der Waals surface area contributed by atoms with Crippen molar-refractivity contribution in [3.05, 3.63) is 35.6 Å². The summed E-state index contributed by atoms with van der Waals surface area (Å²) in [6, 6.07) is 0.